The topological polar surface area (TPSA) is 53.9 Å². The van der Waals surface area contributed by atoms with Gasteiger partial charge in [-0.15, -0.1) is 0 Å². The van der Waals surface area contributed by atoms with E-state index in [-0.39, 0.29) is 5.56 Å². The number of benzene rings is 1. The number of aromatic amines is 1. The maximum Gasteiger partial charge on any atom is 0.276 e. The van der Waals surface area contributed by atoms with Crippen molar-refractivity contribution in [3.05, 3.63) is 81.4 Å². The molecule has 1 aliphatic carbocycles. The Morgan fingerprint density at radius 1 is 1.19 bits per heavy atom. The smallest absolute Gasteiger partial charge is 0.276 e. The Balaban J connectivity index is 1.56. The van der Waals surface area contributed by atoms with Crippen molar-refractivity contribution in [1.29, 1.82) is 0 Å². The fraction of sp³-hybridized carbons (Fsp3) is 0.333. The van der Waals surface area contributed by atoms with E-state index >= 15 is 0 Å². The molecule has 0 saturated carbocycles. The van der Waals surface area contributed by atoms with Crippen LogP contribution in [0.25, 0.3) is 5.82 Å². The lowest BCUT2D eigenvalue weighted by atomic mass is 9.92. The van der Waals surface area contributed by atoms with E-state index in [1.54, 1.807) is 4.68 Å². The van der Waals surface area contributed by atoms with Crippen LogP contribution in [0.4, 0.5) is 0 Å². The van der Waals surface area contributed by atoms with Gasteiger partial charge in [-0.2, -0.15) is 0 Å². The zero-order valence-corrected chi connectivity index (χ0v) is 15.3. The summed E-state index contributed by atoms with van der Waals surface area (Å²) in [5.74, 6) is 0.665. The molecule has 0 radical (unpaired) electrons. The Morgan fingerprint density at radius 2 is 2.00 bits per heavy atom. The van der Waals surface area contributed by atoms with Crippen LogP contribution in [0.15, 0.2) is 53.3 Å². The summed E-state index contributed by atoms with van der Waals surface area (Å²) in [6.07, 6.45) is 2.73. The number of rotatable bonds is 4. The molecule has 0 saturated heterocycles. The van der Waals surface area contributed by atoms with Crippen LogP contribution in [0.3, 0.4) is 0 Å². The Morgan fingerprint density at radius 3 is 2.77 bits per heavy atom. The van der Waals surface area contributed by atoms with Gasteiger partial charge in [0.1, 0.15) is 0 Å². The van der Waals surface area contributed by atoms with Crippen LogP contribution in [0, 0.1) is 6.92 Å². The minimum Gasteiger partial charge on any atom is -0.299 e. The number of likely N-dealkylation sites (N-methyl/N-ethyl adjacent to an activating group) is 1. The third kappa shape index (κ3) is 3.22. The van der Waals surface area contributed by atoms with Crippen molar-refractivity contribution < 1.29 is 0 Å². The summed E-state index contributed by atoms with van der Waals surface area (Å²) >= 11 is 0. The average molecular weight is 348 g/mol. The van der Waals surface area contributed by atoms with E-state index in [9.17, 15) is 4.79 Å². The Hall–Kier alpha value is -2.66. The van der Waals surface area contributed by atoms with Gasteiger partial charge in [0.25, 0.3) is 5.56 Å². The van der Waals surface area contributed by atoms with Gasteiger partial charge in [0.15, 0.2) is 5.82 Å². The lowest BCUT2D eigenvalue weighted by molar-refractivity contribution is 0.213. The summed E-state index contributed by atoms with van der Waals surface area (Å²) in [6, 6.07) is 16.6. The molecule has 1 N–H and O–H groups in total. The minimum absolute atomic E-state index is 0.0379. The summed E-state index contributed by atoms with van der Waals surface area (Å²) in [6.45, 7) is 2.84. The van der Waals surface area contributed by atoms with E-state index < -0.39 is 0 Å². The van der Waals surface area contributed by atoms with Gasteiger partial charge in [-0.3, -0.25) is 14.8 Å². The largest absolute Gasteiger partial charge is 0.299 e. The van der Waals surface area contributed by atoms with E-state index in [0.717, 1.165) is 42.8 Å². The molecule has 0 amide bonds. The molecular weight excluding hydrogens is 324 g/mol. The molecule has 4 rings (SSSR count). The molecule has 1 atom stereocenters. The molecule has 0 spiro atoms. The number of aromatic nitrogens is 3. The highest BCUT2D eigenvalue weighted by atomic mass is 16.1. The normalized spacial score (nSPS) is 16.7. The summed E-state index contributed by atoms with van der Waals surface area (Å²) in [5, 5.41) is 3.28. The fourth-order valence-corrected chi connectivity index (χ4v) is 3.77. The van der Waals surface area contributed by atoms with Crippen LogP contribution in [-0.4, -0.2) is 32.8 Å². The number of pyridine rings is 1. The van der Waals surface area contributed by atoms with Crippen LogP contribution in [-0.2, 0) is 19.4 Å². The number of aryl methyl sites for hydroxylation is 2. The van der Waals surface area contributed by atoms with Gasteiger partial charge < -0.3 is 0 Å². The van der Waals surface area contributed by atoms with Crippen LogP contribution in [0.5, 0.6) is 0 Å². The summed E-state index contributed by atoms with van der Waals surface area (Å²) in [4.78, 5) is 19.8. The zero-order chi connectivity index (χ0) is 18.1. The average Bonchev–Trinajstić information content (AvgIpc) is 2.99. The molecule has 1 aliphatic rings. The minimum atomic E-state index is 0.0379. The molecule has 26 heavy (non-hydrogen) atoms. The second-order valence-electron chi connectivity index (χ2n) is 7.14. The predicted molar refractivity (Wildman–Crippen MR) is 103 cm³/mol. The monoisotopic (exact) mass is 348 g/mol. The Labute approximate surface area is 153 Å². The quantitative estimate of drug-likeness (QED) is 0.789. The first-order chi connectivity index (χ1) is 12.6. The number of hydrogen-bond acceptors (Lipinski definition) is 3. The molecule has 134 valence electrons. The molecular formula is C21H24N4O. The molecule has 0 bridgehead atoms. The standard InChI is InChI=1S/C21H24N4O/c1-15-7-6-10-20(22-15)25-21(26)18-13-17(11-12-19(18)23-25)24(2)14-16-8-4-3-5-9-16/h3-10,17,23H,11-14H2,1-2H3. The van der Waals surface area contributed by atoms with Gasteiger partial charge in [0, 0.05) is 29.5 Å². The van der Waals surface area contributed by atoms with Crippen LogP contribution < -0.4 is 5.56 Å². The lowest BCUT2D eigenvalue weighted by Gasteiger charge is -2.30. The van der Waals surface area contributed by atoms with E-state index in [2.05, 4.69) is 46.3 Å². The van der Waals surface area contributed by atoms with E-state index in [4.69, 9.17) is 0 Å². The highest BCUT2D eigenvalue weighted by molar-refractivity contribution is 5.30. The summed E-state index contributed by atoms with van der Waals surface area (Å²) < 4.78 is 1.59. The van der Waals surface area contributed by atoms with E-state index in [0.29, 0.717) is 11.9 Å². The third-order valence-electron chi connectivity index (χ3n) is 5.24. The highest BCUT2D eigenvalue weighted by Gasteiger charge is 2.27. The molecule has 5 heteroatoms. The van der Waals surface area contributed by atoms with Crippen molar-refractivity contribution in [3.63, 3.8) is 0 Å². The summed E-state index contributed by atoms with van der Waals surface area (Å²) in [5.41, 5.74) is 4.21. The van der Waals surface area contributed by atoms with Crippen LogP contribution in [0.1, 0.15) is 28.9 Å². The molecule has 1 unspecified atom stereocenters. The number of hydrogen-bond donors (Lipinski definition) is 1. The third-order valence-corrected chi connectivity index (χ3v) is 5.24. The van der Waals surface area contributed by atoms with Gasteiger partial charge in [0.2, 0.25) is 0 Å². The summed E-state index contributed by atoms with van der Waals surface area (Å²) in [7, 11) is 2.15. The molecule has 1 aromatic carbocycles. The Bertz CT molecular complexity index is 958. The van der Waals surface area contributed by atoms with Crippen molar-refractivity contribution in [3.8, 4) is 5.82 Å². The zero-order valence-electron chi connectivity index (χ0n) is 15.3. The van der Waals surface area contributed by atoms with Crippen molar-refractivity contribution >= 4 is 0 Å². The van der Waals surface area contributed by atoms with Gasteiger partial charge in [-0.1, -0.05) is 36.4 Å². The maximum absolute atomic E-state index is 12.9. The number of H-pyrrole nitrogens is 1. The second-order valence-corrected chi connectivity index (χ2v) is 7.14. The molecule has 5 nitrogen and oxygen atoms in total. The van der Waals surface area contributed by atoms with E-state index in [1.807, 2.05) is 31.2 Å². The molecule has 2 heterocycles. The highest BCUT2D eigenvalue weighted by Crippen LogP contribution is 2.22. The second kappa shape index (κ2) is 6.92. The van der Waals surface area contributed by atoms with Gasteiger partial charge in [-0.25, -0.2) is 9.67 Å². The Kier molecular flexibility index (Phi) is 4.47. The fourth-order valence-electron chi connectivity index (χ4n) is 3.77. The van der Waals surface area contributed by atoms with Crippen LogP contribution >= 0.6 is 0 Å². The lowest BCUT2D eigenvalue weighted by Crippen LogP contribution is -2.37. The molecule has 3 aromatic rings. The molecule has 0 aliphatic heterocycles. The van der Waals surface area contributed by atoms with Crippen molar-refractivity contribution in [2.75, 3.05) is 7.05 Å². The number of fused-ring (bicyclic) bond motifs is 1. The molecule has 0 fully saturated rings. The maximum atomic E-state index is 12.9. The van der Waals surface area contributed by atoms with E-state index in [1.165, 1.54) is 5.56 Å². The number of nitrogens with zero attached hydrogens (tertiary/aromatic N) is 3. The number of nitrogens with one attached hydrogen (secondary N) is 1. The van der Waals surface area contributed by atoms with Crippen LogP contribution in [0.2, 0.25) is 0 Å². The van der Waals surface area contributed by atoms with Crippen molar-refractivity contribution in [1.82, 2.24) is 19.7 Å². The van der Waals surface area contributed by atoms with Crippen molar-refractivity contribution in [2.45, 2.75) is 38.8 Å². The van der Waals surface area contributed by atoms with Gasteiger partial charge in [-0.05, 0) is 50.9 Å². The first-order valence-electron chi connectivity index (χ1n) is 9.13. The SMILES string of the molecule is Cc1cccc(-n2[nH]c3c(c2=O)CC(N(C)Cc2ccccc2)CC3)n1. The van der Waals surface area contributed by atoms with Gasteiger partial charge in [0.05, 0.1) is 0 Å². The predicted octanol–water partition coefficient (Wildman–Crippen LogP) is 2.86. The molecule has 2 aromatic heterocycles. The first-order valence-corrected chi connectivity index (χ1v) is 9.13. The van der Waals surface area contributed by atoms with Gasteiger partial charge >= 0.3 is 0 Å². The van der Waals surface area contributed by atoms with Crippen molar-refractivity contribution in [2.24, 2.45) is 0 Å². The first kappa shape index (κ1) is 16.8.